The standard InChI is InChI=1S/C24H32N6O3/c1-3-32-18-8-9-21-17(12-18)13-20(24(31)25-21)22(29-10-4-6-16(2)14-29)23-26-27-28-30(23)15-19-7-5-11-33-19/h8-9,12-13,16,19,22H,3-7,10-11,14-15H2,1-2H3,(H,25,31)/t16-,19-,22-/m1/s1. The normalized spacial score (nSPS) is 22.6. The lowest BCUT2D eigenvalue weighted by atomic mass is 9.95. The summed E-state index contributed by atoms with van der Waals surface area (Å²) in [6, 6.07) is 7.40. The lowest BCUT2D eigenvalue weighted by molar-refractivity contribution is 0.0889. The summed E-state index contributed by atoms with van der Waals surface area (Å²) in [5.41, 5.74) is 1.34. The van der Waals surface area contributed by atoms with Crippen LogP contribution in [0.4, 0.5) is 0 Å². The van der Waals surface area contributed by atoms with Crippen molar-refractivity contribution in [3.8, 4) is 5.75 Å². The first-order valence-electron chi connectivity index (χ1n) is 12.0. The number of H-pyrrole nitrogens is 1. The molecule has 1 N–H and O–H groups in total. The number of aromatic nitrogens is 5. The zero-order chi connectivity index (χ0) is 22.8. The Morgan fingerprint density at radius 3 is 2.97 bits per heavy atom. The minimum absolute atomic E-state index is 0.108. The van der Waals surface area contributed by atoms with Gasteiger partial charge in [0.2, 0.25) is 0 Å². The van der Waals surface area contributed by atoms with Gasteiger partial charge in [0.15, 0.2) is 5.82 Å². The molecule has 2 fully saturated rings. The Morgan fingerprint density at radius 2 is 2.18 bits per heavy atom. The van der Waals surface area contributed by atoms with Gasteiger partial charge in [-0.05, 0) is 79.8 Å². The van der Waals surface area contributed by atoms with Gasteiger partial charge in [-0.2, -0.15) is 0 Å². The van der Waals surface area contributed by atoms with Gasteiger partial charge in [-0.25, -0.2) is 4.68 Å². The van der Waals surface area contributed by atoms with Crippen molar-refractivity contribution in [3.63, 3.8) is 0 Å². The van der Waals surface area contributed by atoms with Crippen molar-refractivity contribution >= 4 is 10.9 Å². The number of piperidine rings is 1. The monoisotopic (exact) mass is 452 g/mol. The molecule has 1 aromatic carbocycles. The molecule has 2 saturated heterocycles. The second-order valence-electron chi connectivity index (χ2n) is 9.23. The van der Waals surface area contributed by atoms with E-state index in [0.717, 1.165) is 55.6 Å². The van der Waals surface area contributed by atoms with Crippen LogP contribution in [0.15, 0.2) is 29.1 Å². The van der Waals surface area contributed by atoms with Crippen LogP contribution in [0.25, 0.3) is 10.9 Å². The fourth-order valence-electron chi connectivity index (χ4n) is 5.14. The van der Waals surface area contributed by atoms with Gasteiger partial charge in [-0.15, -0.1) is 5.10 Å². The third kappa shape index (κ3) is 4.65. The number of fused-ring (bicyclic) bond motifs is 1. The summed E-state index contributed by atoms with van der Waals surface area (Å²) in [6.45, 7) is 7.99. The van der Waals surface area contributed by atoms with Crippen molar-refractivity contribution in [2.24, 2.45) is 5.92 Å². The first-order chi connectivity index (χ1) is 16.1. The van der Waals surface area contributed by atoms with Gasteiger partial charge in [-0.3, -0.25) is 9.69 Å². The molecule has 0 radical (unpaired) electrons. The Balaban J connectivity index is 1.59. The second kappa shape index (κ2) is 9.61. The van der Waals surface area contributed by atoms with Gasteiger partial charge in [0.25, 0.3) is 5.56 Å². The number of nitrogens with zero attached hydrogens (tertiary/aromatic N) is 5. The van der Waals surface area contributed by atoms with Gasteiger partial charge in [0.05, 0.1) is 19.3 Å². The van der Waals surface area contributed by atoms with E-state index in [-0.39, 0.29) is 17.7 Å². The lowest BCUT2D eigenvalue weighted by Crippen LogP contribution is -2.41. The van der Waals surface area contributed by atoms with E-state index in [1.54, 1.807) is 0 Å². The number of hydrogen-bond donors (Lipinski definition) is 1. The second-order valence-corrected chi connectivity index (χ2v) is 9.23. The van der Waals surface area contributed by atoms with Crippen molar-refractivity contribution in [1.82, 2.24) is 30.1 Å². The predicted molar refractivity (Wildman–Crippen MR) is 124 cm³/mol. The molecule has 0 aliphatic carbocycles. The number of tetrazole rings is 1. The molecule has 5 rings (SSSR count). The molecule has 0 saturated carbocycles. The van der Waals surface area contributed by atoms with E-state index in [9.17, 15) is 4.79 Å². The third-order valence-corrected chi connectivity index (χ3v) is 6.71. The number of pyridine rings is 1. The van der Waals surface area contributed by atoms with Gasteiger partial charge >= 0.3 is 0 Å². The maximum Gasteiger partial charge on any atom is 0.253 e. The molecule has 0 spiro atoms. The summed E-state index contributed by atoms with van der Waals surface area (Å²) in [4.78, 5) is 18.8. The topological polar surface area (TPSA) is 98.2 Å². The Morgan fingerprint density at radius 1 is 1.27 bits per heavy atom. The molecule has 4 heterocycles. The van der Waals surface area contributed by atoms with Crippen molar-refractivity contribution in [2.45, 2.75) is 58.2 Å². The summed E-state index contributed by atoms with van der Waals surface area (Å²) in [5.74, 6) is 2.03. The number of ether oxygens (including phenoxy) is 2. The van der Waals surface area contributed by atoms with Crippen LogP contribution in [0.3, 0.4) is 0 Å². The highest BCUT2D eigenvalue weighted by Crippen LogP contribution is 2.32. The van der Waals surface area contributed by atoms with Crippen molar-refractivity contribution in [3.05, 3.63) is 46.0 Å². The zero-order valence-corrected chi connectivity index (χ0v) is 19.4. The first-order valence-corrected chi connectivity index (χ1v) is 12.0. The third-order valence-electron chi connectivity index (χ3n) is 6.71. The van der Waals surface area contributed by atoms with Crippen LogP contribution in [-0.2, 0) is 11.3 Å². The molecule has 0 amide bonds. The van der Waals surface area contributed by atoms with E-state index in [2.05, 4.69) is 32.3 Å². The molecule has 2 aromatic heterocycles. The van der Waals surface area contributed by atoms with Crippen LogP contribution in [0.5, 0.6) is 5.75 Å². The van der Waals surface area contributed by atoms with E-state index in [0.29, 0.717) is 30.5 Å². The Bertz CT molecular complexity index is 1150. The molecular weight excluding hydrogens is 420 g/mol. The molecule has 0 bridgehead atoms. The molecular formula is C24H32N6O3. The summed E-state index contributed by atoms with van der Waals surface area (Å²) in [5, 5.41) is 13.7. The quantitative estimate of drug-likeness (QED) is 0.588. The Kier molecular flexibility index (Phi) is 6.41. The van der Waals surface area contributed by atoms with Gasteiger partial charge in [-0.1, -0.05) is 6.92 Å². The van der Waals surface area contributed by atoms with Crippen molar-refractivity contribution < 1.29 is 9.47 Å². The molecule has 2 aliphatic rings. The van der Waals surface area contributed by atoms with Gasteiger partial charge in [0, 0.05) is 29.6 Å². The van der Waals surface area contributed by atoms with Crippen molar-refractivity contribution in [2.75, 3.05) is 26.3 Å². The highest BCUT2D eigenvalue weighted by atomic mass is 16.5. The SMILES string of the molecule is CCOc1ccc2[nH]c(=O)c([C@H](c3nnnn3C[C@H]3CCCO3)N3CCC[C@@H](C)C3)cc2c1. The Labute approximate surface area is 193 Å². The van der Waals surface area contributed by atoms with Crippen molar-refractivity contribution in [1.29, 1.82) is 0 Å². The number of nitrogens with one attached hydrogen (secondary N) is 1. The van der Waals surface area contributed by atoms with E-state index < -0.39 is 0 Å². The summed E-state index contributed by atoms with van der Waals surface area (Å²) in [7, 11) is 0. The number of aromatic amines is 1. The minimum atomic E-state index is -0.326. The van der Waals surface area contributed by atoms with E-state index in [1.807, 2.05) is 35.9 Å². The van der Waals surface area contributed by atoms with Gasteiger partial charge < -0.3 is 14.5 Å². The number of rotatable bonds is 7. The zero-order valence-electron chi connectivity index (χ0n) is 19.4. The maximum atomic E-state index is 13.3. The number of benzene rings is 1. The molecule has 9 heteroatoms. The first kappa shape index (κ1) is 22.0. The summed E-state index contributed by atoms with van der Waals surface area (Å²) in [6.07, 6.45) is 4.45. The molecule has 2 aliphatic heterocycles. The van der Waals surface area contributed by atoms with Crippen LogP contribution in [0.1, 0.15) is 57.0 Å². The van der Waals surface area contributed by atoms with E-state index in [4.69, 9.17) is 9.47 Å². The Hall–Kier alpha value is -2.78. The minimum Gasteiger partial charge on any atom is -0.494 e. The van der Waals surface area contributed by atoms with Crippen LogP contribution < -0.4 is 10.3 Å². The maximum absolute atomic E-state index is 13.3. The van der Waals surface area contributed by atoms with Crippen LogP contribution in [-0.4, -0.2) is 62.5 Å². The molecule has 3 atom stereocenters. The van der Waals surface area contributed by atoms with Crippen LogP contribution in [0, 0.1) is 5.92 Å². The lowest BCUT2D eigenvalue weighted by Gasteiger charge is -2.36. The molecule has 9 nitrogen and oxygen atoms in total. The van der Waals surface area contributed by atoms with Crippen LogP contribution >= 0.6 is 0 Å². The molecule has 3 aromatic rings. The largest absolute Gasteiger partial charge is 0.494 e. The van der Waals surface area contributed by atoms with Gasteiger partial charge in [0.1, 0.15) is 11.8 Å². The average molecular weight is 453 g/mol. The fraction of sp³-hybridized carbons (Fsp3) is 0.583. The van der Waals surface area contributed by atoms with E-state index in [1.165, 1.54) is 6.42 Å². The smallest absolute Gasteiger partial charge is 0.253 e. The molecule has 33 heavy (non-hydrogen) atoms. The van der Waals surface area contributed by atoms with E-state index >= 15 is 0 Å². The summed E-state index contributed by atoms with van der Waals surface area (Å²) < 4.78 is 13.4. The highest BCUT2D eigenvalue weighted by Gasteiger charge is 2.33. The molecule has 0 unspecified atom stereocenters. The van der Waals surface area contributed by atoms with Crippen LogP contribution in [0.2, 0.25) is 0 Å². The fourth-order valence-corrected chi connectivity index (χ4v) is 5.14. The predicted octanol–water partition coefficient (Wildman–Crippen LogP) is 2.91. The highest BCUT2D eigenvalue weighted by molar-refractivity contribution is 5.80. The average Bonchev–Trinajstić information content (AvgIpc) is 3.48. The number of hydrogen-bond acceptors (Lipinski definition) is 7. The summed E-state index contributed by atoms with van der Waals surface area (Å²) >= 11 is 0. The number of likely N-dealkylation sites (tertiary alicyclic amines) is 1. The molecule has 176 valence electrons.